The van der Waals surface area contributed by atoms with Crippen molar-refractivity contribution in [3.8, 4) is 0 Å². The minimum Gasteiger partial charge on any atom is -0.735 e. The van der Waals surface area contributed by atoms with E-state index in [0.717, 1.165) is 0 Å². The molecule has 32 nitrogen and oxygen atoms in total. The third kappa shape index (κ3) is 14.0. The number of hydrogen-bond acceptors (Lipinski definition) is 30. The minimum absolute atomic E-state index is 0.710. The molecule has 0 aliphatic carbocycles. The summed E-state index contributed by atoms with van der Waals surface area (Å²) in [6, 6.07) is -4.98. The Labute approximate surface area is 315 Å². The van der Waals surface area contributed by atoms with Gasteiger partial charge in [-0.1, -0.05) is 0 Å². The maximum Gasteiger partial charge on any atom is 0.218 e. The van der Waals surface area contributed by atoms with Gasteiger partial charge in [0, 0.05) is 7.11 Å². The zero-order chi connectivity index (χ0) is 42.9. The number of carbonyl (C=O) groups is 1. The largest absolute Gasteiger partial charge is 0.735 e. The summed E-state index contributed by atoms with van der Waals surface area (Å²) in [5, 5.41) is 54.9. The zero-order valence-corrected chi connectivity index (χ0v) is 31.1. The van der Waals surface area contributed by atoms with Gasteiger partial charge in [-0.15, -0.1) is 0 Å². The number of aliphatic carboxylic acids is 1. The van der Waals surface area contributed by atoms with E-state index in [2.05, 4.69) is 12.5 Å². The number of ether oxygens (including phenoxy) is 6. The van der Waals surface area contributed by atoms with Crippen LogP contribution in [0.1, 0.15) is 0 Å². The lowest BCUT2D eigenvalue weighted by molar-refractivity contribution is -0.380. The molecule has 3 rings (SSSR count). The van der Waals surface area contributed by atoms with E-state index in [-0.39, 0.29) is 0 Å². The SMILES string of the molecule is COC1OC(COS(=O)(=O)[O-])C(OC2OC(C(=O)[O-])C(OC3OC(COS(=O)(=O)[O-])C(O)C(O)C3NS(=O)(=O)[O-])C(O)C2O)C(OS(=O)(=O)[O-])C1NS(=O)(=O)[O-]. The second kappa shape index (κ2) is 18.4. The van der Waals surface area contributed by atoms with Gasteiger partial charge in [0.1, 0.15) is 73.1 Å². The van der Waals surface area contributed by atoms with Gasteiger partial charge < -0.3 is 81.5 Å². The summed E-state index contributed by atoms with van der Waals surface area (Å²) in [5.74, 6) is -2.46. The molecule has 15 unspecified atom stereocenters. The Bertz CT molecular complexity index is 1930. The maximum absolute atomic E-state index is 12.2. The van der Waals surface area contributed by atoms with Crippen molar-refractivity contribution in [2.75, 3.05) is 20.3 Å². The molecule has 3 aliphatic heterocycles. The Morgan fingerprint density at radius 2 is 1.07 bits per heavy atom. The Morgan fingerprint density at radius 1 is 0.589 bits per heavy atom. The van der Waals surface area contributed by atoms with Crippen LogP contribution < -0.4 is 14.6 Å². The third-order valence-electron chi connectivity index (χ3n) is 7.48. The van der Waals surface area contributed by atoms with Crippen LogP contribution >= 0.6 is 0 Å². The molecule has 15 atom stereocenters. The average Bonchev–Trinajstić information content (AvgIpc) is 3.01. The summed E-state index contributed by atoms with van der Waals surface area (Å²) >= 11 is 0. The van der Waals surface area contributed by atoms with Gasteiger partial charge in [-0.3, -0.25) is 12.5 Å². The highest BCUT2D eigenvalue weighted by Gasteiger charge is 2.56. The van der Waals surface area contributed by atoms with Gasteiger partial charge in [-0.2, -0.15) is 0 Å². The van der Waals surface area contributed by atoms with Crippen LogP contribution in [0, 0.1) is 0 Å². The van der Waals surface area contributed by atoms with Gasteiger partial charge in [-0.25, -0.2) is 51.5 Å². The van der Waals surface area contributed by atoms with Crippen LogP contribution in [0.5, 0.6) is 0 Å². The quantitative estimate of drug-likeness (QED) is 0.0549. The fourth-order valence-corrected chi connectivity index (χ4v) is 7.59. The van der Waals surface area contributed by atoms with E-state index in [9.17, 15) is 95.2 Å². The van der Waals surface area contributed by atoms with E-state index in [1.807, 2.05) is 0 Å². The smallest absolute Gasteiger partial charge is 0.218 e. The molecule has 0 aromatic carbocycles. The van der Waals surface area contributed by atoms with Crippen molar-refractivity contribution in [3.05, 3.63) is 0 Å². The normalized spacial score (nSPS) is 37.9. The number of carboxylic acid groups (broad SMARTS) is 1. The second-order valence-corrected chi connectivity index (χ2v) is 16.7. The fraction of sp³-hybridized carbons (Fsp3) is 0.947. The first kappa shape index (κ1) is 48.8. The summed E-state index contributed by atoms with van der Waals surface area (Å²) in [6.45, 7) is -3.03. The van der Waals surface area contributed by atoms with E-state index < -0.39 is 163 Å². The Morgan fingerprint density at radius 3 is 1.54 bits per heavy atom. The molecule has 330 valence electrons. The predicted molar refractivity (Wildman–Crippen MR) is 151 cm³/mol. The van der Waals surface area contributed by atoms with E-state index in [4.69, 9.17) is 28.4 Å². The van der Waals surface area contributed by atoms with Gasteiger partial charge in [-0.05, 0) is 0 Å². The lowest BCUT2D eigenvalue weighted by atomic mass is 9.95. The predicted octanol–water partition coefficient (Wildman–Crippen LogP) is -11.6. The fourth-order valence-electron chi connectivity index (χ4n) is 5.33. The third-order valence-corrected chi connectivity index (χ3v) is 9.91. The highest BCUT2D eigenvalue weighted by Crippen LogP contribution is 2.34. The van der Waals surface area contributed by atoms with Crippen LogP contribution in [-0.2, 0) is 97.6 Å². The molecule has 3 aliphatic rings. The number of aliphatic hydroxyl groups is 4. The van der Waals surface area contributed by atoms with Crippen molar-refractivity contribution in [1.82, 2.24) is 9.44 Å². The molecule has 0 saturated carbocycles. The van der Waals surface area contributed by atoms with Crippen LogP contribution in [0.25, 0.3) is 0 Å². The van der Waals surface area contributed by atoms with Gasteiger partial charge in [0.2, 0.25) is 31.2 Å². The lowest BCUT2D eigenvalue weighted by Gasteiger charge is -2.50. The van der Waals surface area contributed by atoms with Crippen LogP contribution in [-0.4, -0.2) is 204 Å². The van der Waals surface area contributed by atoms with Crippen LogP contribution in [0.15, 0.2) is 0 Å². The van der Waals surface area contributed by atoms with Crippen molar-refractivity contribution in [2.24, 2.45) is 0 Å². The molecule has 0 aromatic heterocycles. The highest BCUT2D eigenvalue weighted by atomic mass is 32.3. The lowest BCUT2D eigenvalue weighted by Crippen LogP contribution is -2.70. The van der Waals surface area contributed by atoms with Crippen molar-refractivity contribution in [3.63, 3.8) is 0 Å². The number of rotatable bonds is 18. The molecule has 0 spiro atoms. The van der Waals surface area contributed by atoms with Gasteiger partial charge in [0.05, 0.1) is 19.2 Å². The molecule has 0 bridgehead atoms. The molecular weight excluding hydrogens is 897 g/mol. The Hall–Kier alpha value is -1.58. The summed E-state index contributed by atoms with van der Waals surface area (Å²) in [7, 11) is -28.0. The summed E-state index contributed by atoms with van der Waals surface area (Å²) in [6.07, 6.45) is -33.6. The molecular formula is C19H28N2O30S5-6. The number of carboxylic acids is 1. The Balaban J connectivity index is 2.05. The number of methoxy groups -OCH3 is 1. The summed E-state index contributed by atoms with van der Waals surface area (Å²) in [4.78, 5) is 12.2. The topological polar surface area (TPSA) is 514 Å². The van der Waals surface area contributed by atoms with Gasteiger partial charge >= 0.3 is 0 Å². The van der Waals surface area contributed by atoms with E-state index in [1.54, 1.807) is 0 Å². The average molecular weight is 925 g/mol. The first-order chi connectivity index (χ1) is 25.3. The van der Waals surface area contributed by atoms with E-state index >= 15 is 0 Å². The monoisotopic (exact) mass is 924 g/mol. The van der Waals surface area contributed by atoms with Crippen molar-refractivity contribution >= 4 is 57.8 Å². The molecule has 0 radical (unpaired) electrons. The standard InChI is InChI=1S/C19H34N2O30S5/c1-43-17-7(21-53(31,32)33)13(51-56(40,41)42)12(5(47-17)3-45-55(37,38)39)48-19-11(25)10(24)14(15(50-19)16(26)27)49-18-6(20-52(28,29)30)9(23)8(22)4(46-18)2-44-54(34,35)36/h4-15,17-25H,2-3H2,1H3,(H,26,27)(H,28,29,30)(H,31,32,33)(H,34,35,36)(H,37,38,39)(H,40,41,42)/p-6. The van der Waals surface area contributed by atoms with Gasteiger partial charge in [0.15, 0.2) is 39.5 Å². The molecule has 3 saturated heterocycles. The molecule has 0 amide bonds. The molecule has 56 heavy (non-hydrogen) atoms. The number of aliphatic hydroxyl groups excluding tert-OH is 4. The van der Waals surface area contributed by atoms with Crippen molar-refractivity contribution in [2.45, 2.75) is 92.0 Å². The van der Waals surface area contributed by atoms with Crippen molar-refractivity contribution in [1.29, 1.82) is 0 Å². The van der Waals surface area contributed by atoms with E-state index in [1.165, 1.54) is 9.44 Å². The molecule has 3 fully saturated rings. The summed E-state index contributed by atoms with van der Waals surface area (Å²) < 4.78 is 216. The number of hydrogen-bond donors (Lipinski definition) is 6. The maximum atomic E-state index is 12.2. The first-order valence-corrected chi connectivity index (χ1v) is 21.2. The zero-order valence-electron chi connectivity index (χ0n) is 27.0. The minimum atomic E-state index is -6.06. The molecule has 37 heteroatoms. The van der Waals surface area contributed by atoms with Gasteiger partial charge in [0.25, 0.3) is 0 Å². The van der Waals surface area contributed by atoms with Crippen LogP contribution in [0.2, 0.25) is 0 Å². The Kier molecular flexibility index (Phi) is 16.0. The van der Waals surface area contributed by atoms with Crippen LogP contribution in [0.3, 0.4) is 0 Å². The second-order valence-electron chi connectivity index (χ2n) is 11.3. The number of nitrogens with one attached hydrogen (secondary N) is 2. The van der Waals surface area contributed by atoms with Crippen molar-refractivity contribution < 1.29 is 136 Å². The number of carbonyl (C=O) groups excluding carboxylic acids is 1. The molecule has 6 N–H and O–H groups in total. The first-order valence-electron chi connectivity index (χ1n) is 14.3. The highest BCUT2D eigenvalue weighted by molar-refractivity contribution is 7.84. The van der Waals surface area contributed by atoms with Crippen LogP contribution in [0.4, 0.5) is 0 Å². The van der Waals surface area contributed by atoms with E-state index in [0.29, 0.717) is 7.11 Å². The molecule has 0 aromatic rings. The summed E-state index contributed by atoms with van der Waals surface area (Å²) in [5.41, 5.74) is 0. The molecule has 3 heterocycles.